The summed E-state index contributed by atoms with van der Waals surface area (Å²) in [4.78, 5) is 27.7. The van der Waals surface area contributed by atoms with Gasteiger partial charge in [-0.3, -0.25) is 13.9 Å². The van der Waals surface area contributed by atoms with E-state index in [1.807, 2.05) is 38.1 Å². The van der Waals surface area contributed by atoms with Gasteiger partial charge >= 0.3 is 0 Å². The van der Waals surface area contributed by atoms with Gasteiger partial charge in [0.15, 0.2) is 0 Å². The molecule has 1 atom stereocenters. The van der Waals surface area contributed by atoms with Crippen LogP contribution in [0.25, 0.3) is 0 Å². The molecule has 1 unspecified atom stereocenters. The van der Waals surface area contributed by atoms with E-state index in [0.29, 0.717) is 24.6 Å². The lowest BCUT2D eigenvalue weighted by Gasteiger charge is -2.31. The second-order valence-electron chi connectivity index (χ2n) is 8.17. The lowest BCUT2D eigenvalue weighted by molar-refractivity contribution is -0.139. The van der Waals surface area contributed by atoms with Crippen LogP contribution >= 0.6 is 15.9 Å². The van der Waals surface area contributed by atoms with Crippen molar-refractivity contribution in [3.05, 3.63) is 58.6 Å². The molecule has 0 saturated carbocycles. The van der Waals surface area contributed by atoms with Crippen molar-refractivity contribution >= 4 is 43.5 Å². The Balaban J connectivity index is 2.33. The van der Waals surface area contributed by atoms with Crippen LogP contribution in [-0.4, -0.2) is 57.1 Å². The van der Waals surface area contributed by atoms with E-state index in [2.05, 4.69) is 21.2 Å². The minimum Gasteiger partial charge on any atom is -0.494 e. The van der Waals surface area contributed by atoms with E-state index in [0.717, 1.165) is 33.4 Å². The van der Waals surface area contributed by atoms with E-state index in [4.69, 9.17) is 4.74 Å². The third-order valence-electron chi connectivity index (χ3n) is 5.35. The molecule has 2 aromatic rings. The molecule has 192 valence electrons. The summed E-state index contributed by atoms with van der Waals surface area (Å²) >= 11 is 3.43. The normalized spacial score (nSPS) is 12.0. The van der Waals surface area contributed by atoms with E-state index in [-0.39, 0.29) is 12.5 Å². The third kappa shape index (κ3) is 8.85. The molecule has 2 amide bonds. The Labute approximate surface area is 216 Å². The molecule has 0 fully saturated rings. The molecular weight excluding hydrogens is 534 g/mol. The zero-order chi connectivity index (χ0) is 26.0. The smallest absolute Gasteiger partial charge is 0.244 e. The molecule has 0 spiro atoms. The number of nitrogens with zero attached hydrogens (tertiary/aromatic N) is 2. The number of nitrogens with one attached hydrogen (secondary N) is 1. The molecule has 10 heteroatoms. The first kappa shape index (κ1) is 28.6. The number of ether oxygens (including phenoxy) is 1. The Kier molecular flexibility index (Phi) is 11.0. The van der Waals surface area contributed by atoms with Crippen molar-refractivity contribution in [1.29, 1.82) is 0 Å². The minimum atomic E-state index is -3.78. The van der Waals surface area contributed by atoms with E-state index in [1.54, 1.807) is 31.2 Å². The van der Waals surface area contributed by atoms with Gasteiger partial charge in [0, 0.05) is 17.6 Å². The lowest BCUT2D eigenvalue weighted by Crippen LogP contribution is -2.51. The summed E-state index contributed by atoms with van der Waals surface area (Å²) < 4.78 is 32.6. The standard InChI is InChI=1S/C25H34BrN3O5S/c1-5-7-15-27-25(31)19(3)28(17-20-9-8-10-21(26)16-20)24(30)18-29(35(4,32)33)22-11-13-23(14-12-22)34-6-2/h8-14,16,19H,5-7,15,17-18H2,1-4H3,(H,27,31). The van der Waals surface area contributed by atoms with Crippen LogP contribution < -0.4 is 14.4 Å². The average Bonchev–Trinajstić information content (AvgIpc) is 2.80. The zero-order valence-corrected chi connectivity index (χ0v) is 23.1. The summed E-state index contributed by atoms with van der Waals surface area (Å²) in [5, 5.41) is 2.86. The Morgan fingerprint density at radius 2 is 1.80 bits per heavy atom. The average molecular weight is 569 g/mol. The van der Waals surface area contributed by atoms with Crippen LogP contribution in [0.5, 0.6) is 5.75 Å². The fraction of sp³-hybridized carbons (Fsp3) is 0.440. The predicted octanol–water partition coefficient (Wildman–Crippen LogP) is 3.95. The highest BCUT2D eigenvalue weighted by Crippen LogP contribution is 2.23. The SMILES string of the molecule is CCCCNC(=O)C(C)N(Cc1cccc(Br)c1)C(=O)CN(c1ccc(OCC)cc1)S(C)(=O)=O. The number of halogens is 1. The number of benzene rings is 2. The van der Waals surface area contributed by atoms with Crippen LogP contribution in [0.4, 0.5) is 5.69 Å². The summed E-state index contributed by atoms with van der Waals surface area (Å²) in [6.07, 6.45) is 2.81. The second-order valence-corrected chi connectivity index (χ2v) is 11.0. The maximum absolute atomic E-state index is 13.5. The number of rotatable bonds is 13. The van der Waals surface area contributed by atoms with Crippen LogP contribution in [0, 0.1) is 0 Å². The quantitative estimate of drug-likeness (QED) is 0.370. The monoisotopic (exact) mass is 567 g/mol. The molecule has 2 rings (SSSR count). The molecule has 1 N–H and O–H groups in total. The van der Waals surface area contributed by atoms with Gasteiger partial charge in [0.1, 0.15) is 18.3 Å². The van der Waals surface area contributed by atoms with E-state index < -0.39 is 28.5 Å². The van der Waals surface area contributed by atoms with Crippen molar-refractivity contribution in [1.82, 2.24) is 10.2 Å². The molecule has 8 nitrogen and oxygen atoms in total. The molecule has 0 aromatic heterocycles. The van der Waals surface area contributed by atoms with Crippen molar-refractivity contribution in [2.24, 2.45) is 0 Å². The van der Waals surface area contributed by atoms with Gasteiger partial charge in [0.2, 0.25) is 21.8 Å². The Hall–Kier alpha value is -2.59. The number of carbonyl (C=O) groups excluding carboxylic acids is 2. The molecule has 0 bridgehead atoms. The summed E-state index contributed by atoms with van der Waals surface area (Å²) in [6.45, 7) is 6.25. The highest BCUT2D eigenvalue weighted by molar-refractivity contribution is 9.10. The number of unbranched alkanes of at least 4 members (excludes halogenated alkanes) is 1. The highest BCUT2D eigenvalue weighted by Gasteiger charge is 2.30. The Morgan fingerprint density at radius 3 is 2.37 bits per heavy atom. The number of hydrogen-bond donors (Lipinski definition) is 1. The fourth-order valence-electron chi connectivity index (χ4n) is 3.44. The molecule has 0 aliphatic heterocycles. The van der Waals surface area contributed by atoms with E-state index >= 15 is 0 Å². The summed E-state index contributed by atoms with van der Waals surface area (Å²) in [5.41, 5.74) is 1.15. The number of hydrogen-bond acceptors (Lipinski definition) is 5. The fourth-order valence-corrected chi connectivity index (χ4v) is 4.74. The lowest BCUT2D eigenvalue weighted by atomic mass is 10.1. The third-order valence-corrected chi connectivity index (χ3v) is 6.99. The van der Waals surface area contributed by atoms with Gasteiger partial charge in [-0.1, -0.05) is 41.4 Å². The first-order valence-electron chi connectivity index (χ1n) is 11.6. The van der Waals surface area contributed by atoms with Crippen LogP contribution in [0.3, 0.4) is 0 Å². The predicted molar refractivity (Wildman–Crippen MR) is 142 cm³/mol. The summed E-state index contributed by atoms with van der Waals surface area (Å²) in [6, 6.07) is 13.1. The first-order valence-corrected chi connectivity index (χ1v) is 14.2. The molecule has 2 aromatic carbocycles. The van der Waals surface area contributed by atoms with Gasteiger partial charge in [0.25, 0.3) is 0 Å². The first-order chi connectivity index (χ1) is 16.6. The second kappa shape index (κ2) is 13.5. The van der Waals surface area contributed by atoms with Crippen LogP contribution in [-0.2, 0) is 26.2 Å². The number of carbonyl (C=O) groups is 2. The molecule has 0 radical (unpaired) electrons. The molecule has 0 heterocycles. The summed E-state index contributed by atoms with van der Waals surface area (Å²) in [5.74, 6) is -0.166. The maximum Gasteiger partial charge on any atom is 0.244 e. The van der Waals surface area contributed by atoms with Gasteiger partial charge in [-0.25, -0.2) is 8.42 Å². The number of sulfonamides is 1. The maximum atomic E-state index is 13.5. The van der Waals surface area contributed by atoms with Gasteiger partial charge < -0.3 is 15.0 Å². The Morgan fingerprint density at radius 1 is 1.11 bits per heavy atom. The summed E-state index contributed by atoms with van der Waals surface area (Å²) in [7, 11) is -3.78. The van der Waals surface area contributed by atoms with Crippen molar-refractivity contribution in [3.8, 4) is 5.75 Å². The number of amides is 2. The van der Waals surface area contributed by atoms with Gasteiger partial charge in [-0.2, -0.15) is 0 Å². The van der Waals surface area contributed by atoms with Crippen LogP contribution in [0.15, 0.2) is 53.0 Å². The topological polar surface area (TPSA) is 96.0 Å². The molecule has 0 aliphatic carbocycles. The van der Waals surface area contributed by atoms with Gasteiger partial charge in [-0.05, 0) is 62.2 Å². The van der Waals surface area contributed by atoms with Gasteiger partial charge in [0.05, 0.1) is 18.6 Å². The van der Waals surface area contributed by atoms with Crippen LogP contribution in [0.1, 0.15) is 39.2 Å². The molecular formula is C25H34BrN3O5S. The van der Waals surface area contributed by atoms with Crippen molar-refractivity contribution in [2.45, 2.75) is 46.2 Å². The van der Waals surface area contributed by atoms with Crippen molar-refractivity contribution in [2.75, 3.05) is 30.3 Å². The zero-order valence-electron chi connectivity index (χ0n) is 20.7. The Bertz CT molecular complexity index is 1090. The minimum absolute atomic E-state index is 0.154. The highest BCUT2D eigenvalue weighted by atomic mass is 79.9. The van der Waals surface area contributed by atoms with Crippen molar-refractivity contribution in [3.63, 3.8) is 0 Å². The molecule has 35 heavy (non-hydrogen) atoms. The largest absolute Gasteiger partial charge is 0.494 e. The molecule has 0 saturated heterocycles. The molecule has 0 aliphatic rings. The van der Waals surface area contributed by atoms with E-state index in [9.17, 15) is 18.0 Å². The van der Waals surface area contributed by atoms with Crippen LogP contribution in [0.2, 0.25) is 0 Å². The van der Waals surface area contributed by atoms with Crippen molar-refractivity contribution < 1.29 is 22.7 Å². The van der Waals surface area contributed by atoms with Gasteiger partial charge in [-0.15, -0.1) is 0 Å². The number of anilines is 1. The van der Waals surface area contributed by atoms with E-state index in [1.165, 1.54) is 4.90 Å².